The van der Waals surface area contributed by atoms with Crippen LogP contribution < -0.4 is 0 Å². The van der Waals surface area contributed by atoms with E-state index in [2.05, 4.69) is 20.6 Å². The molecular formula is C14H10ClFN4O2S. The first-order chi connectivity index (χ1) is 11.0. The number of aromatic amines is 1. The largest absolute Gasteiger partial charge is 0.223 e. The summed E-state index contributed by atoms with van der Waals surface area (Å²) in [5, 5.41) is 13.3. The van der Waals surface area contributed by atoms with E-state index < -0.39 is 15.7 Å². The summed E-state index contributed by atoms with van der Waals surface area (Å²) in [6, 6.07) is 9.96. The molecule has 0 amide bonds. The van der Waals surface area contributed by atoms with Gasteiger partial charge in [0, 0.05) is 5.56 Å². The summed E-state index contributed by atoms with van der Waals surface area (Å²) < 4.78 is 38.0. The SMILES string of the molecule is O=S(=O)(Cc1cccc(-c2nn[nH]n2)c1)c1ccc(F)cc1Cl. The molecule has 23 heavy (non-hydrogen) atoms. The number of hydrogen-bond acceptors (Lipinski definition) is 5. The van der Waals surface area contributed by atoms with Crippen LogP contribution in [-0.2, 0) is 15.6 Å². The zero-order valence-electron chi connectivity index (χ0n) is 11.6. The molecular weight excluding hydrogens is 343 g/mol. The Balaban J connectivity index is 1.93. The quantitative estimate of drug-likeness (QED) is 0.729. The first-order valence-electron chi connectivity index (χ1n) is 6.46. The fourth-order valence-corrected chi connectivity index (χ4v) is 4.03. The second-order valence-electron chi connectivity index (χ2n) is 4.77. The number of nitrogens with zero attached hydrogens (tertiary/aromatic N) is 3. The standard InChI is InChI=1S/C14H10ClFN4O2S/c15-12-7-11(16)4-5-13(12)23(21,22)8-9-2-1-3-10(6-9)14-17-19-20-18-14/h1-7H,8H2,(H,17,18,19,20). The molecule has 3 aromatic rings. The molecule has 0 fully saturated rings. The van der Waals surface area contributed by atoms with Gasteiger partial charge in [-0.15, -0.1) is 10.2 Å². The summed E-state index contributed by atoms with van der Waals surface area (Å²) in [6.45, 7) is 0. The second kappa shape index (κ2) is 6.05. The van der Waals surface area contributed by atoms with Gasteiger partial charge in [-0.05, 0) is 35.0 Å². The Bertz CT molecular complexity index is 945. The summed E-state index contributed by atoms with van der Waals surface area (Å²) >= 11 is 5.84. The van der Waals surface area contributed by atoms with Crippen molar-refractivity contribution in [3.63, 3.8) is 0 Å². The minimum Gasteiger partial charge on any atom is -0.223 e. The van der Waals surface area contributed by atoms with Gasteiger partial charge in [0.25, 0.3) is 0 Å². The van der Waals surface area contributed by atoms with E-state index in [0.717, 1.165) is 18.2 Å². The molecule has 9 heteroatoms. The Morgan fingerprint density at radius 1 is 1.17 bits per heavy atom. The zero-order chi connectivity index (χ0) is 16.4. The molecule has 0 aliphatic rings. The van der Waals surface area contributed by atoms with E-state index in [1.54, 1.807) is 24.3 Å². The van der Waals surface area contributed by atoms with E-state index in [1.807, 2.05) is 0 Å². The molecule has 0 saturated heterocycles. The Morgan fingerprint density at radius 3 is 2.70 bits per heavy atom. The predicted octanol–water partition coefficient (Wildman–Crippen LogP) is 2.63. The highest BCUT2D eigenvalue weighted by atomic mass is 35.5. The molecule has 0 aliphatic carbocycles. The van der Waals surface area contributed by atoms with Crippen LogP contribution in [0.2, 0.25) is 5.02 Å². The number of aromatic nitrogens is 4. The topological polar surface area (TPSA) is 88.6 Å². The maximum absolute atomic E-state index is 13.1. The van der Waals surface area contributed by atoms with Gasteiger partial charge in [-0.3, -0.25) is 0 Å². The lowest BCUT2D eigenvalue weighted by molar-refractivity contribution is 0.594. The van der Waals surface area contributed by atoms with Crippen LogP contribution in [0.5, 0.6) is 0 Å². The van der Waals surface area contributed by atoms with Crippen LogP contribution >= 0.6 is 11.6 Å². The highest BCUT2D eigenvalue weighted by molar-refractivity contribution is 7.90. The number of tetrazole rings is 1. The molecule has 6 nitrogen and oxygen atoms in total. The molecule has 2 aromatic carbocycles. The number of halogens is 2. The van der Waals surface area contributed by atoms with Crippen LogP contribution in [-0.4, -0.2) is 29.0 Å². The zero-order valence-corrected chi connectivity index (χ0v) is 13.1. The van der Waals surface area contributed by atoms with Crippen LogP contribution in [0.15, 0.2) is 47.4 Å². The molecule has 1 N–H and O–H groups in total. The Morgan fingerprint density at radius 2 is 2.00 bits per heavy atom. The smallest absolute Gasteiger partial charge is 0.204 e. The molecule has 118 valence electrons. The molecule has 0 unspecified atom stereocenters. The molecule has 0 bridgehead atoms. The van der Waals surface area contributed by atoms with Gasteiger partial charge in [0.15, 0.2) is 9.84 Å². The average molecular weight is 353 g/mol. The van der Waals surface area contributed by atoms with Crippen molar-refractivity contribution >= 4 is 21.4 Å². The van der Waals surface area contributed by atoms with Crippen molar-refractivity contribution in [2.24, 2.45) is 0 Å². The number of benzene rings is 2. The van der Waals surface area contributed by atoms with Gasteiger partial charge in [0.05, 0.1) is 15.7 Å². The van der Waals surface area contributed by atoms with E-state index >= 15 is 0 Å². The van der Waals surface area contributed by atoms with Crippen molar-refractivity contribution in [1.82, 2.24) is 20.6 Å². The Hall–Kier alpha value is -2.32. The monoisotopic (exact) mass is 352 g/mol. The highest BCUT2D eigenvalue weighted by Crippen LogP contribution is 2.26. The predicted molar refractivity (Wildman–Crippen MR) is 81.9 cm³/mol. The molecule has 0 aliphatic heterocycles. The minimum atomic E-state index is -3.71. The van der Waals surface area contributed by atoms with Crippen LogP contribution in [0.3, 0.4) is 0 Å². The lowest BCUT2D eigenvalue weighted by atomic mass is 10.1. The first-order valence-corrected chi connectivity index (χ1v) is 8.49. The number of sulfone groups is 1. The molecule has 0 atom stereocenters. The average Bonchev–Trinajstić information content (AvgIpc) is 3.00. The van der Waals surface area contributed by atoms with Crippen LogP contribution in [0.4, 0.5) is 4.39 Å². The van der Waals surface area contributed by atoms with Gasteiger partial charge in [0.1, 0.15) is 5.82 Å². The lowest BCUT2D eigenvalue weighted by Crippen LogP contribution is -2.06. The van der Waals surface area contributed by atoms with Gasteiger partial charge < -0.3 is 0 Å². The van der Waals surface area contributed by atoms with E-state index in [0.29, 0.717) is 17.0 Å². The third-order valence-electron chi connectivity index (χ3n) is 3.12. The highest BCUT2D eigenvalue weighted by Gasteiger charge is 2.19. The summed E-state index contributed by atoms with van der Waals surface area (Å²) in [5.74, 6) is -0.499. The molecule has 3 rings (SSSR count). The van der Waals surface area contributed by atoms with Gasteiger partial charge in [-0.2, -0.15) is 5.21 Å². The number of rotatable bonds is 4. The fraction of sp³-hybridized carbons (Fsp3) is 0.0714. The van der Waals surface area contributed by atoms with Crippen LogP contribution in [0.1, 0.15) is 5.56 Å². The molecule has 0 spiro atoms. The van der Waals surface area contributed by atoms with Crippen molar-refractivity contribution in [3.05, 3.63) is 58.9 Å². The summed E-state index contributed by atoms with van der Waals surface area (Å²) in [7, 11) is -3.71. The first kappa shape index (κ1) is 15.6. The van der Waals surface area contributed by atoms with Crippen LogP contribution in [0, 0.1) is 5.82 Å². The maximum Gasteiger partial charge on any atom is 0.204 e. The van der Waals surface area contributed by atoms with Gasteiger partial charge in [-0.25, -0.2) is 12.8 Å². The summed E-state index contributed by atoms with van der Waals surface area (Å²) in [4.78, 5) is -0.106. The van der Waals surface area contributed by atoms with E-state index in [1.165, 1.54) is 0 Å². The minimum absolute atomic E-state index is 0.106. The number of hydrogen-bond donors (Lipinski definition) is 1. The van der Waals surface area contributed by atoms with E-state index in [4.69, 9.17) is 11.6 Å². The van der Waals surface area contributed by atoms with Gasteiger partial charge in [-0.1, -0.05) is 29.8 Å². The lowest BCUT2D eigenvalue weighted by Gasteiger charge is -2.07. The molecule has 1 heterocycles. The van der Waals surface area contributed by atoms with E-state index in [-0.39, 0.29) is 15.7 Å². The third-order valence-corrected chi connectivity index (χ3v) is 5.28. The van der Waals surface area contributed by atoms with Crippen molar-refractivity contribution < 1.29 is 12.8 Å². The normalized spacial score (nSPS) is 11.6. The van der Waals surface area contributed by atoms with E-state index in [9.17, 15) is 12.8 Å². The van der Waals surface area contributed by atoms with Crippen LogP contribution in [0.25, 0.3) is 11.4 Å². The maximum atomic E-state index is 13.1. The van der Waals surface area contributed by atoms with Gasteiger partial charge in [0.2, 0.25) is 5.82 Å². The summed E-state index contributed by atoms with van der Waals surface area (Å²) in [5.41, 5.74) is 1.17. The third kappa shape index (κ3) is 3.38. The fourth-order valence-electron chi connectivity index (χ4n) is 2.11. The number of H-pyrrole nitrogens is 1. The van der Waals surface area contributed by atoms with Crippen molar-refractivity contribution in [1.29, 1.82) is 0 Å². The van der Waals surface area contributed by atoms with Gasteiger partial charge >= 0.3 is 0 Å². The van der Waals surface area contributed by atoms with Crippen molar-refractivity contribution in [2.75, 3.05) is 0 Å². The molecule has 0 saturated carbocycles. The summed E-state index contributed by atoms with van der Waals surface area (Å²) in [6.07, 6.45) is 0. The second-order valence-corrected chi connectivity index (χ2v) is 7.13. The Labute approximate surface area is 136 Å². The van der Waals surface area contributed by atoms with Crippen molar-refractivity contribution in [3.8, 4) is 11.4 Å². The Kier molecular flexibility index (Phi) is 4.10. The molecule has 0 radical (unpaired) electrons. The number of nitrogens with one attached hydrogen (secondary N) is 1. The molecule has 1 aromatic heterocycles. The van der Waals surface area contributed by atoms with Crippen molar-refractivity contribution in [2.45, 2.75) is 10.6 Å².